The molecule has 0 spiro atoms. The Bertz CT molecular complexity index is 1110. The lowest BCUT2D eigenvalue weighted by molar-refractivity contribution is -0.119. The van der Waals surface area contributed by atoms with Crippen LogP contribution in [0.25, 0.3) is 0 Å². The first-order chi connectivity index (χ1) is 14.3. The average molecular weight is 427 g/mol. The molecule has 3 aromatic rings. The molecule has 3 rings (SSSR count). The predicted octanol–water partition coefficient (Wildman–Crippen LogP) is 3.95. The molecule has 156 valence electrons. The number of sulfonamides is 1. The van der Waals surface area contributed by atoms with Gasteiger partial charge in [-0.2, -0.15) is 0 Å². The maximum absolute atomic E-state index is 13.3. The van der Waals surface area contributed by atoms with Gasteiger partial charge in [0.15, 0.2) is 0 Å². The van der Waals surface area contributed by atoms with E-state index in [0.717, 1.165) is 33.1 Å². The van der Waals surface area contributed by atoms with Crippen molar-refractivity contribution in [3.63, 3.8) is 0 Å². The standard InChI is InChI=1S/C23H23FN2O3S/c1-17-3-7-19(8-4-17)15-25-23(27)16-26(21-11-5-18(2)6-12-21)30(28,29)22-13-9-20(24)10-14-22/h3-14H,15-16H2,1-2H3,(H,25,27). The maximum Gasteiger partial charge on any atom is 0.264 e. The van der Waals surface area contributed by atoms with Crippen molar-refractivity contribution >= 4 is 21.6 Å². The lowest BCUT2D eigenvalue weighted by Gasteiger charge is -2.24. The van der Waals surface area contributed by atoms with Crippen LogP contribution in [0.15, 0.2) is 77.7 Å². The first-order valence-electron chi connectivity index (χ1n) is 9.43. The molecule has 0 aliphatic heterocycles. The number of amides is 1. The minimum absolute atomic E-state index is 0.0872. The molecule has 0 fully saturated rings. The Kier molecular flexibility index (Phi) is 6.52. The highest BCUT2D eigenvalue weighted by Gasteiger charge is 2.27. The molecule has 0 heterocycles. The van der Waals surface area contributed by atoms with Gasteiger partial charge in [0.1, 0.15) is 12.4 Å². The second kappa shape index (κ2) is 9.09. The van der Waals surface area contributed by atoms with E-state index in [1.54, 1.807) is 24.3 Å². The van der Waals surface area contributed by atoms with E-state index in [0.29, 0.717) is 5.69 Å². The summed E-state index contributed by atoms with van der Waals surface area (Å²) in [4.78, 5) is 12.5. The number of hydrogen-bond donors (Lipinski definition) is 1. The molecule has 0 atom stereocenters. The number of benzene rings is 3. The number of anilines is 1. The first kappa shape index (κ1) is 21.5. The van der Waals surface area contributed by atoms with E-state index in [9.17, 15) is 17.6 Å². The number of hydrogen-bond acceptors (Lipinski definition) is 3. The van der Waals surface area contributed by atoms with Gasteiger partial charge in [-0.05, 0) is 55.8 Å². The van der Waals surface area contributed by atoms with Crippen LogP contribution < -0.4 is 9.62 Å². The zero-order valence-electron chi connectivity index (χ0n) is 16.8. The highest BCUT2D eigenvalue weighted by Crippen LogP contribution is 2.24. The molecule has 0 radical (unpaired) electrons. The first-order valence-corrected chi connectivity index (χ1v) is 10.9. The third-order valence-electron chi connectivity index (χ3n) is 4.62. The number of halogens is 1. The summed E-state index contributed by atoms with van der Waals surface area (Å²) in [7, 11) is -4.06. The van der Waals surface area contributed by atoms with Crippen molar-refractivity contribution < 1.29 is 17.6 Å². The molecule has 30 heavy (non-hydrogen) atoms. The normalized spacial score (nSPS) is 11.2. The Hall–Kier alpha value is -3.19. The van der Waals surface area contributed by atoms with Crippen LogP contribution in [0.5, 0.6) is 0 Å². The van der Waals surface area contributed by atoms with Gasteiger partial charge in [-0.3, -0.25) is 9.10 Å². The van der Waals surface area contributed by atoms with E-state index < -0.39 is 28.3 Å². The van der Waals surface area contributed by atoms with E-state index in [-0.39, 0.29) is 11.4 Å². The van der Waals surface area contributed by atoms with Crippen molar-refractivity contribution in [1.82, 2.24) is 5.32 Å². The largest absolute Gasteiger partial charge is 0.350 e. The van der Waals surface area contributed by atoms with Gasteiger partial charge in [-0.15, -0.1) is 0 Å². The molecule has 1 N–H and O–H groups in total. The number of carbonyl (C=O) groups is 1. The van der Waals surface area contributed by atoms with Gasteiger partial charge in [0.25, 0.3) is 10.0 Å². The Morgan fingerprint density at radius 2 is 1.40 bits per heavy atom. The van der Waals surface area contributed by atoms with E-state index in [1.165, 1.54) is 12.1 Å². The summed E-state index contributed by atoms with van der Waals surface area (Å²) in [6, 6.07) is 19.1. The number of rotatable bonds is 7. The molecule has 1 amide bonds. The van der Waals surface area contributed by atoms with Crippen LogP contribution in [-0.2, 0) is 21.4 Å². The van der Waals surface area contributed by atoms with Gasteiger partial charge in [0.05, 0.1) is 10.6 Å². The summed E-state index contributed by atoms with van der Waals surface area (Å²) in [6.07, 6.45) is 0. The summed E-state index contributed by atoms with van der Waals surface area (Å²) in [5.74, 6) is -0.978. The lowest BCUT2D eigenvalue weighted by Crippen LogP contribution is -2.40. The SMILES string of the molecule is Cc1ccc(CNC(=O)CN(c2ccc(C)cc2)S(=O)(=O)c2ccc(F)cc2)cc1. The molecule has 0 saturated carbocycles. The quantitative estimate of drug-likeness (QED) is 0.622. The van der Waals surface area contributed by atoms with Gasteiger partial charge >= 0.3 is 0 Å². The minimum atomic E-state index is -4.06. The van der Waals surface area contributed by atoms with Crippen molar-refractivity contribution in [1.29, 1.82) is 0 Å². The molecule has 0 saturated heterocycles. The molecular weight excluding hydrogens is 403 g/mol. The van der Waals surface area contributed by atoms with Crippen molar-refractivity contribution in [2.75, 3.05) is 10.8 Å². The molecule has 0 bridgehead atoms. The van der Waals surface area contributed by atoms with Crippen LogP contribution in [-0.4, -0.2) is 20.9 Å². The Balaban J connectivity index is 1.84. The van der Waals surface area contributed by atoms with Gasteiger partial charge in [0, 0.05) is 6.54 Å². The molecule has 0 aliphatic rings. The third-order valence-corrected chi connectivity index (χ3v) is 6.41. The lowest BCUT2D eigenvalue weighted by atomic mass is 10.1. The minimum Gasteiger partial charge on any atom is -0.350 e. The zero-order chi connectivity index (χ0) is 21.7. The summed E-state index contributed by atoms with van der Waals surface area (Å²) >= 11 is 0. The van der Waals surface area contributed by atoms with Crippen LogP contribution >= 0.6 is 0 Å². The molecule has 7 heteroatoms. The molecule has 5 nitrogen and oxygen atoms in total. The van der Waals surface area contributed by atoms with Crippen molar-refractivity contribution in [3.05, 3.63) is 95.3 Å². The fourth-order valence-corrected chi connectivity index (χ4v) is 4.27. The van der Waals surface area contributed by atoms with Crippen molar-refractivity contribution in [2.45, 2.75) is 25.3 Å². The highest BCUT2D eigenvalue weighted by atomic mass is 32.2. The van der Waals surface area contributed by atoms with Crippen LogP contribution in [0.2, 0.25) is 0 Å². The zero-order valence-corrected chi connectivity index (χ0v) is 17.6. The van der Waals surface area contributed by atoms with E-state index in [2.05, 4.69) is 5.32 Å². The van der Waals surface area contributed by atoms with E-state index in [4.69, 9.17) is 0 Å². The van der Waals surface area contributed by atoms with E-state index >= 15 is 0 Å². The maximum atomic E-state index is 13.3. The van der Waals surface area contributed by atoms with Crippen LogP contribution in [0.1, 0.15) is 16.7 Å². The summed E-state index contributed by atoms with van der Waals surface area (Å²) < 4.78 is 40.7. The van der Waals surface area contributed by atoms with Gasteiger partial charge in [-0.1, -0.05) is 47.5 Å². The van der Waals surface area contributed by atoms with Gasteiger partial charge < -0.3 is 5.32 Å². The Morgan fingerprint density at radius 1 is 0.867 bits per heavy atom. The van der Waals surface area contributed by atoms with E-state index in [1.807, 2.05) is 38.1 Å². The molecule has 0 unspecified atom stereocenters. The van der Waals surface area contributed by atoms with Crippen LogP contribution in [0.4, 0.5) is 10.1 Å². The van der Waals surface area contributed by atoms with Crippen molar-refractivity contribution in [3.8, 4) is 0 Å². The topological polar surface area (TPSA) is 66.5 Å². The fraction of sp³-hybridized carbons (Fsp3) is 0.174. The number of nitrogens with zero attached hydrogens (tertiary/aromatic N) is 1. The number of nitrogens with one attached hydrogen (secondary N) is 1. The third kappa shape index (κ3) is 5.24. The second-order valence-electron chi connectivity index (χ2n) is 7.06. The smallest absolute Gasteiger partial charge is 0.264 e. The summed E-state index contributed by atoms with van der Waals surface area (Å²) in [5.41, 5.74) is 3.34. The fourth-order valence-electron chi connectivity index (χ4n) is 2.85. The van der Waals surface area contributed by atoms with Crippen LogP contribution in [0, 0.1) is 19.7 Å². The number of carbonyl (C=O) groups excluding carboxylic acids is 1. The van der Waals surface area contributed by atoms with Crippen molar-refractivity contribution in [2.24, 2.45) is 0 Å². The molecular formula is C23H23FN2O3S. The molecule has 0 aromatic heterocycles. The predicted molar refractivity (Wildman–Crippen MR) is 115 cm³/mol. The summed E-state index contributed by atoms with van der Waals surface area (Å²) in [6.45, 7) is 3.76. The van der Waals surface area contributed by atoms with Gasteiger partial charge in [0.2, 0.25) is 5.91 Å². The highest BCUT2D eigenvalue weighted by molar-refractivity contribution is 7.92. The monoisotopic (exact) mass is 426 g/mol. The van der Waals surface area contributed by atoms with Gasteiger partial charge in [-0.25, -0.2) is 12.8 Å². The Labute approximate surface area is 176 Å². The Morgan fingerprint density at radius 3 is 1.97 bits per heavy atom. The van der Waals surface area contributed by atoms with Crippen LogP contribution in [0.3, 0.4) is 0 Å². The average Bonchev–Trinajstić information content (AvgIpc) is 2.72. The number of aryl methyl sites for hydroxylation is 2. The summed E-state index contributed by atoms with van der Waals surface area (Å²) in [5, 5.41) is 2.76. The molecule has 0 aliphatic carbocycles. The molecule has 3 aromatic carbocycles. The second-order valence-corrected chi connectivity index (χ2v) is 8.93.